The molecule has 0 aliphatic heterocycles. The van der Waals surface area contributed by atoms with Crippen molar-refractivity contribution in [1.29, 1.82) is 0 Å². The van der Waals surface area contributed by atoms with E-state index in [1.54, 1.807) is 7.11 Å². The van der Waals surface area contributed by atoms with Gasteiger partial charge < -0.3 is 9.30 Å². The van der Waals surface area contributed by atoms with E-state index in [-0.39, 0.29) is 5.78 Å². The molecule has 0 aliphatic carbocycles. The number of carbonyl (C=O) groups excluding carboxylic acids is 1. The maximum absolute atomic E-state index is 13.4. The van der Waals surface area contributed by atoms with E-state index in [9.17, 15) is 4.79 Å². The zero-order chi connectivity index (χ0) is 21.6. The summed E-state index contributed by atoms with van der Waals surface area (Å²) in [4.78, 5) is 13.4. The SMILES string of the molecule is CCn1c(S[C@@H](C(=O)c2ccccc2)c2ccccc2)nnc1-c1ccccc1OC. The molecule has 0 aliphatic rings. The highest BCUT2D eigenvalue weighted by atomic mass is 32.2. The zero-order valence-electron chi connectivity index (χ0n) is 17.4. The molecular weight excluding hydrogens is 406 g/mol. The maximum atomic E-state index is 13.4. The number of hydrogen-bond donors (Lipinski definition) is 0. The van der Waals surface area contributed by atoms with Crippen molar-refractivity contribution in [3.8, 4) is 17.1 Å². The van der Waals surface area contributed by atoms with Gasteiger partial charge in [0.2, 0.25) is 0 Å². The number of benzene rings is 3. The number of ketones is 1. The number of thioether (sulfide) groups is 1. The van der Waals surface area contributed by atoms with Crippen LogP contribution in [0.25, 0.3) is 11.4 Å². The molecule has 1 atom stereocenters. The summed E-state index contributed by atoms with van der Waals surface area (Å²) < 4.78 is 7.54. The lowest BCUT2D eigenvalue weighted by atomic mass is 10.0. The largest absolute Gasteiger partial charge is 0.496 e. The van der Waals surface area contributed by atoms with E-state index in [1.165, 1.54) is 11.8 Å². The van der Waals surface area contributed by atoms with Crippen LogP contribution in [0.2, 0.25) is 0 Å². The number of Topliss-reactive ketones (excluding diaryl/α,β-unsaturated/α-hetero) is 1. The van der Waals surface area contributed by atoms with Crippen LogP contribution in [0.1, 0.15) is 28.1 Å². The van der Waals surface area contributed by atoms with E-state index in [1.807, 2.05) is 96.4 Å². The Balaban J connectivity index is 1.74. The van der Waals surface area contributed by atoms with Gasteiger partial charge in [0.25, 0.3) is 0 Å². The van der Waals surface area contributed by atoms with Crippen LogP contribution >= 0.6 is 11.8 Å². The van der Waals surface area contributed by atoms with Gasteiger partial charge in [0.05, 0.1) is 12.7 Å². The second kappa shape index (κ2) is 9.62. The summed E-state index contributed by atoms with van der Waals surface area (Å²) >= 11 is 1.42. The summed E-state index contributed by atoms with van der Waals surface area (Å²) in [5.41, 5.74) is 2.49. The van der Waals surface area contributed by atoms with E-state index in [4.69, 9.17) is 4.74 Å². The van der Waals surface area contributed by atoms with E-state index in [0.29, 0.717) is 17.3 Å². The Morgan fingerprint density at radius 1 is 0.935 bits per heavy atom. The molecule has 0 unspecified atom stereocenters. The van der Waals surface area contributed by atoms with Gasteiger partial charge in [-0.15, -0.1) is 10.2 Å². The Kier molecular flexibility index (Phi) is 6.48. The van der Waals surface area contributed by atoms with Crippen molar-refractivity contribution in [1.82, 2.24) is 14.8 Å². The molecule has 0 fully saturated rings. The molecule has 0 radical (unpaired) electrons. The summed E-state index contributed by atoms with van der Waals surface area (Å²) in [5.74, 6) is 1.50. The van der Waals surface area contributed by atoms with Gasteiger partial charge in [-0.25, -0.2) is 0 Å². The number of hydrogen-bond acceptors (Lipinski definition) is 5. The van der Waals surface area contributed by atoms with Gasteiger partial charge in [0.15, 0.2) is 16.8 Å². The van der Waals surface area contributed by atoms with Gasteiger partial charge in [0, 0.05) is 12.1 Å². The van der Waals surface area contributed by atoms with E-state index in [2.05, 4.69) is 10.2 Å². The molecule has 0 bridgehead atoms. The molecular formula is C25H23N3O2S. The monoisotopic (exact) mass is 429 g/mol. The standard InChI is InChI=1S/C25H23N3O2S/c1-3-28-24(20-16-10-11-17-21(20)30-2)26-27-25(28)31-23(19-14-8-5-9-15-19)22(29)18-12-6-4-7-13-18/h4-17,23H,3H2,1-2H3/t23-/m1/s1. The van der Waals surface area contributed by atoms with Gasteiger partial charge in [0.1, 0.15) is 11.0 Å². The molecule has 1 heterocycles. The van der Waals surface area contributed by atoms with E-state index in [0.717, 1.165) is 22.7 Å². The van der Waals surface area contributed by atoms with Crippen molar-refractivity contribution >= 4 is 17.5 Å². The van der Waals surface area contributed by atoms with Gasteiger partial charge in [-0.2, -0.15) is 0 Å². The Morgan fingerprint density at radius 2 is 1.58 bits per heavy atom. The molecule has 0 spiro atoms. The first kappa shape index (κ1) is 20.9. The predicted molar refractivity (Wildman–Crippen MR) is 123 cm³/mol. The number of para-hydroxylation sites is 1. The Morgan fingerprint density at radius 3 is 2.26 bits per heavy atom. The third-order valence-electron chi connectivity index (χ3n) is 5.00. The van der Waals surface area contributed by atoms with Gasteiger partial charge in [-0.3, -0.25) is 4.79 Å². The first-order chi connectivity index (χ1) is 15.2. The zero-order valence-corrected chi connectivity index (χ0v) is 18.3. The van der Waals surface area contributed by atoms with Crippen molar-refractivity contribution < 1.29 is 9.53 Å². The fourth-order valence-corrected chi connectivity index (χ4v) is 4.63. The highest BCUT2D eigenvalue weighted by Crippen LogP contribution is 2.39. The lowest BCUT2D eigenvalue weighted by molar-refractivity contribution is 0.0989. The van der Waals surface area contributed by atoms with E-state index < -0.39 is 5.25 Å². The number of aromatic nitrogens is 3. The molecule has 1 aromatic heterocycles. The van der Waals surface area contributed by atoms with Crippen LogP contribution in [-0.2, 0) is 6.54 Å². The van der Waals surface area contributed by atoms with Gasteiger partial charge in [-0.05, 0) is 24.6 Å². The predicted octanol–water partition coefficient (Wildman–Crippen LogP) is 5.69. The molecule has 5 nitrogen and oxygen atoms in total. The summed E-state index contributed by atoms with van der Waals surface area (Å²) in [5, 5.41) is 9.16. The van der Waals surface area contributed by atoms with Crippen LogP contribution in [0.4, 0.5) is 0 Å². The summed E-state index contributed by atoms with van der Waals surface area (Å²) in [6.45, 7) is 2.71. The second-order valence-corrected chi connectivity index (χ2v) is 7.96. The fraction of sp³-hybridized carbons (Fsp3) is 0.160. The fourth-order valence-electron chi connectivity index (χ4n) is 3.45. The second-order valence-electron chi connectivity index (χ2n) is 6.89. The van der Waals surface area contributed by atoms with Crippen molar-refractivity contribution in [3.05, 3.63) is 96.1 Å². The van der Waals surface area contributed by atoms with Crippen LogP contribution in [-0.4, -0.2) is 27.7 Å². The average Bonchev–Trinajstić information content (AvgIpc) is 3.25. The number of rotatable bonds is 8. The Bertz CT molecular complexity index is 1160. The first-order valence-electron chi connectivity index (χ1n) is 10.1. The Hall–Kier alpha value is -3.38. The molecule has 6 heteroatoms. The minimum absolute atomic E-state index is 0.0429. The smallest absolute Gasteiger partial charge is 0.192 e. The van der Waals surface area contributed by atoms with Crippen LogP contribution in [0.15, 0.2) is 90.1 Å². The summed E-state index contributed by atoms with van der Waals surface area (Å²) in [6.07, 6.45) is 0. The third-order valence-corrected chi connectivity index (χ3v) is 6.24. The molecule has 3 aromatic carbocycles. The van der Waals surface area contributed by atoms with Crippen LogP contribution < -0.4 is 4.74 Å². The number of ether oxygens (including phenoxy) is 1. The minimum Gasteiger partial charge on any atom is -0.496 e. The summed E-state index contributed by atoms with van der Waals surface area (Å²) in [7, 11) is 1.64. The lowest BCUT2D eigenvalue weighted by Gasteiger charge is -2.17. The van der Waals surface area contributed by atoms with Crippen LogP contribution in [0.5, 0.6) is 5.75 Å². The molecule has 0 saturated heterocycles. The minimum atomic E-state index is -0.427. The van der Waals surface area contributed by atoms with Crippen molar-refractivity contribution in [2.75, 3.05) is 7.11 Å². The van der Waals surface area contributed by atoms with Crippen LogP contribution in [0, 0.1) is 0 Å². The maximum Gasteiger partial charge on any atom is 0.192 e. The molecule has 0 amide bonds. The summed E-state index contributed by atoms with van der Waals surface area (Å²) in [6, 6.07) is 26.9. The quantitative estimate of drug-likeness (QED) is 0.266. The van der Waals surface area contributed by atoms with E-state index >= 15 is 0 Å². The highest BCUT2D eigenvalue weighted by Gasteiger charge is 2.27. The normalized spacial score (nSPS) is 11.8. The molecule has 4 aromatic rings. The van der Waals surface area contributed by atoms with Gasteiger partial charge in [-0.1, -0.05) is 84.6 Å². The lowest BCUT2D eigenvalue weighted by Crippen LogP contribution is -2.11. The molecule has 31 heavy (non-hydrogen) atoms. The Labute approximate surface area is 186 Å². The number of methoxy groups -OCH3 is 1. The number of carbonyl (C=O) groups is 1. The molecule has 4 rings (SSSR count). The number of nitrogens with zero attached hydrogens (tertiary/aromatic N) is 3. The molecule has 0 saturated carbocycles. The van der Waals surface area contributed by atoms with Crippen molar-refractivity contribution in [2.24, 2.45) is 0 Å². The first-order valence-corrected chi connectivity index (χ1v) is 11.0. The van der Waals surface area contributed by atoms with Crippen LogP contribution in [0.3, 0.4) is 0 Å². The van der Waals surface area contributed by atoms with Gasteiger partial charge >= 0.3 is 0 Å². The van der Waals surface area contributed by atoms with Crippen molar-refractivity contribution in [2.45, 2.75) is 23.9 Å². The molecule has 156 valence electrons. The third kappa shape index (κ3) is 4.39. The van der Waals surface area contributed by atoms with Crippen molar-refractivity contribution in [3.63, 3.8) is 0 Å². The topological polar surface area (TPSA) is 57.0 Å². The highest BCUT2D eigenvalue weighted by molar-refractivity contribution is 8.00. The average molecular weight is 430 g/mol. The molecule has 0 N–H and O–H groups in total.